The molecule has 33 heavy (non-hydrogen) atoms. The van der Waals surface area contributed by atoms with Gasteiger partial charge in [-0.05, 0) is 52.7 Å². The molecule has 0 saturated carbocycles. The molecule has 4 aromatic rings. The van der Waals surface area contributed by atoms with Gasteiger partial charge in [0.15, 0.2) is 0 Å². The number of carbonyl (C=O) groups excluding carboxylic acids is 1. The molecule has 0 unspecified atom stereocenters. The molecule has 0 aliphatic carbocycles. The molecule has 0 bridgehead atoms. The number of nitrogens with one attached hydrogen (secondary N) is 1. The first-order chi connectivity index (χ1) is 16.0. The number of hydrogen-bond donors (Lipinski definition) is 1. The zero-order valence-electron chi connectivity index (χ0n) is 17.4. The highest BCUT2D eigenvalue weighted by molar-refractivity contribution is 9.10. The van der Waals surface area contributed by atoms with Gasteiger partial charge in [0, 0.05) is 10.0 Å². The van der Waals surface area contributed by atoms with Gasteiger partial charge < -0.3 is 10.1 Å². The van der Waals surface area contributed by atoms with Crippen LogP contribution in [0.1, 0.15) is 11.1 Å². The third-order valence-electron chi connectivity index (χ3n) is 5.02. The van der Waals surface area contributed by atoms with Crippen LogP contribution in [0.3, 0.4) is 0 Å². The summed E-state index contributed by atoms with van der Waals surface area (Å²) in [7, 11) is 0. The Morgan fingerprint density at radius 3 is 2.61 bits per heavy atom. The molecule has 4 aromatic carbocycles. The van der Waals surface area contributed by atoms with E-state index >= 15 is 0 Å². The topological polar surface area (TPSA) is 62.1 Å². The number of ether oxygens (including phenoxy) is 1. The van der Waals surface area contributed by atoms with E-state index in [9.17, 15) is 14.4 Å². The van der Waals surface area contributed by atoms with E-state index in [-0.39, 0.29) is 11.3 Å². The lowest BCUT2D eigenvalue weighted by molar-refractivity contribution is -0.112. The third kappa shape index (κ3) is 5.28. The van der Waals surface area contributed by atoms with E-state index in [1.807, 2.05) is 54.6 Å². The number of carbonyl (C=O) groups is 1. The van der Waals surface area contributed by atoms with E-state index in [1.54, 1.807) is 18.2 Å². The van der Waals surface area contributed by atoms with Crippen molar-refractivity contribution in [3.05, 3.63) is 112 Å². The highest BCUT2D eigenvalue weighted by Crippen LogP contribution is 2.28. The van der Waals surface area contributed by atoms with Crippen molar-refractivity contribution in [2.75, 3.05) is 5.32 Å². The lowest BCUT2D eigenvalue weighted by atomic mass is 10.1. The number of para-hydroxylation sites is 1. The van der Waals surface area contributed by atoms with Gasteiger partial charge in [0.1, 0.15) is 29.8 Å². The molecule has 0 atom stereocenters. The fourth-order valence-electron chi connectivity index (χ4n) is 3.39. The molecule has 1 amide bonds. The van der Waals surface area contributed by atoms with Gasteiger partial charge in [-0.15, -0.1) is 0 Å². The van der Waals surface area contributed by atoms with Crippen LogP contribution < -0.4 is 10.1 Å². The molecule has 0 fully saturated rings. The summed E-state index contributed by atoms with van der Waals surface area (Å²) in [6.45, 7) is 0.313. The van der Waals surface area contributed by atoms with Crippen LogP contribution in [-0.4, -0.2) is 5.91 Å². The summed E-state index contributed by atoms with van der Waals surface area (Å²) >= 11 is 3.42. The van der Waals surface area contributed by atoms with Crippen LogP contribution in [0.4, 0.5) is 10.1 Å². The predicted molar refractivity (Wildman–Crippen MR) is 131 cm³/mol. The molecular formula is C27H18BrFN2O2. The summed E-state index contributed by atoms with van der Waals surface area (Å²) in [5.74, 6) is -0.773. The molecule has 0 radical (unpaired) electrons. The van der Waals surface area contributed by atoms with Gasteiger partial charge in [-0.3, -0.25) is 4.79 Å². The number of hydrogen-bond acceptors (Lipinski definition) is 3. The van der Waals surface area contributed by atoms with E-state index in [0.717, 1.165) is 20.8 Å². The molecular weight excluding hydrogens is 483 g/mol. The summed E-state index contributed by atoms with van der Waals surface area (Å²) < 4.78 is 20.7. The molecule has 0 spiro atoms. The first-order valence-corrected chi connectivity index (χ1v) is 10.9. The Balaban J connectivity index is 1.60. The number of fused-ring (bicyclic) bond motifs is 1. The quantitative estimate of drug-likeness (QED) is 0.232. The minimum Gasteiger partial charge on any atom is -0.488 e. The molecule has 1 N–H and O–H groups in total. The monoisotopic (exact) mass is 500 g/mol. The Morgan fingerprint density at radius 1 is 1.03 bits per heavy atom. The third-order valence-corrected chi connectivity index (χ3v) is 5.52. The van der Waals surface area contributed by atoms with Crippen molar-refractivity contribution >= 4 is 44.4 Å². The first kappa shape index (κ1) is 22.3. The second-order valence-corrected chi connectivity index (χ2v) is 8.13. The van der Waals surface area contributed by atoms with Crippen molar-refractivity contribution < 1.29 is 13.9 Å². The Kier molecular flexibility index (Phi) is 6.82. The van der Waals surface area contributed by atoms with Gasteiger partial charge >= 0.3 is 0 Å². The van der Waals surface area contributed by atoms with Gasteiger partial charge in [-0.1, -0.05) is 70.5 Å². The molecule has 6 heteroatoms. The van der Waals surface area contributed by atoms with Crippen LogP contribution in [0, 0.1) is 17.1 Å². The smallest absolute Gasteiger partial charge is 0.266 e. The second kappa shape index (κ2) is 10.1. The maximum atomic E-state index is 13.9. The Hall–Kier alpha value is -3.95. The number of halogens is 2. The number of amides is 1. The van der Waals surface area contributed by atoms with Crippen molar-refractivity contribution in [2.24, 2.45) is 0 Å². The largest absolute Gasteiger partial charge is 0.488 e. The minimum atomic E-state index is -0.706. The highest BCUT2D eigenvalue weighted by atomic mass is 79.9. The zero-order valence-corrected chi connectivity index (χ0v) is 19.0. The standard InChI is InChI=1S/C27H18BrFN2O2/c28-22-12-13-26(33-17-19-8-5-7-18-6-1-2-9-23(18)19)20(15-22)14-21(16-30)27(32)31-25-11-4-3-10-24(25)29/h1-15H,17H2,(H,31,32)/b21-14-. The van der Waals surface area contributed by atoms with Crippen LogP contribution in [0.15, 0.2) is 95.0 Å². The molecule has 0 saturated heterocycles. The number of rotatable bonds is 6. The van der Waals surface area contributed by atoms with E-state index in [2.05, 4.69) is 21.2 Å². The van der Waals surface area contributed by atoms with Gasteiger partial charge in [0.25, 0.3) is 5.91 Å². The summed E-state index contributed by atoms with van der Waals surface area (Å²) in [4.78, 5) is 12.6. The van der Waals surface area contributed by atoms with E-state index in [4.69, 9.17) is 4.74 Å². The lowest BCUT2D eigenvalue weighted by Gasteiger charge is -2.12. The van der Waals surface area contributed by atoms with Crippen LogP contribution in [0.25, 0.3) is 16.8 Å². The molecule has 162 valence electrons. The second-order valence-electron chi connectivity index (χ2n) is 7.21. The fourth-order valence-corrected chi connectivity index (χ4v) is 3.77. The highest BCUT2D eigenvalue weighted by Gasteiger charge is 2.14. The summed E-state index contributed by atoms with van der Waals surface area (Å²) in [6, 6.07) is 27.1. The maximum Gasteiger partial charge on any atom is 0.266 e. The number of anilines is 1. The Morgan fingerprint density at radius 2 is 1.79 bits per heavy atom. The molecule has 0 heterocycles. The predicted octanol–water partition coefficient (Wildman–Crippen LogP) is 6.87. The van der Waals surface area contributed by atoms with E-state index in [1.165, 1.54) is 24.3 Å². The van der Waals surface area contributed by atoms with Crippen LogP contribution >= 0.6 is 15.9 Å². The Bertz CT molecular complexity index is 1400. The van der Waals surface area contributed by atoms with Crippen molar-refractivity contribution in [3.8, 4) is 11.8 Å². The maximum absolute atomic E-state index is 13.9. The number of nitriles is 1. The molecule has 0 aliphatic rings. The normalized spacial score (nSPS) is 11.1. The van der Waals surface area contributed by atoms with Gasteiger partial charge in [0.2, 0.25) is 0 Å². The van der Waals surface area contributed by atoms with Crippen molar-refractivity contribution in [1.29, 1.82) is 5.26 Å². The lowest BCUT2D eigenvalue weighted by Crippen LogP contribution is -2.14. The first-order valence-electron chi connectivity index (χ1n) is 10.1. The summed E-state index contributed by atoms with van der Waals surface area (Å²) in [6.07, 6.45) is 1.43. The Labute approximate surface area is 199 Å². The SMILES string of the molecule is N#C/C(=C/c1cc(Br)ccc1OCc1cccc2ccccc12)C(=O)Nc1ccccc1F. The van der Waals surface area contributed by atoms with Crippen molar-refractivity contribution in [1.82, 2.24) is 0 Å². The van der Waals surface area contributed by atoms with Crippen LogP contribution in [0.2, 0.25) is 0 Å². The summed E-state index contributed by atoms with van der Waals surface area (Å²) in [5.41, 5.74) is 1.39. The molecule has 0 aliphatic heterocycles. The van der Waals surface area contributed by atoms with E-state index in [0.29, 0.717) is 17.9 Å². The minimum absolute atomic E-state index is 0.00493. The van der Waals surface area contributed by atoms with Gasteiger partial charge in [-0.25, -0.2) is 4.39 Å². The molecule has 4 nitrogen and oxygen atoms in total. The summed E-state index contributed by atoms with van der Waals surface area (Å²) in [5, 5.41) is 14.2. The molecule has 0 aromatic heterocycles. The van der Waals surface area contributed by atoms with Crippen LogP contribution in [-0.2, 0) is 11.4 Å². The number of nitrogens with zero attached hydrogens (tertiary/aromatic N) is 1. The van der Waals surface area contributed by atoms with E-state index < -0.39 is 11.7 Å². The molecule has 4 rings (SSSR count). The fraction of sp³-hybridized carbons (Fsp3) is 0.0370. The van der Waals surface area contributed by atoms with Gasteiger partial charge in [0.05, 0.1) is 5.69 Å². The van der Waals surface area contributed by atoms with Crippen LogP contribution in [0.5, 0.6) is 5.75 Å². The van der Waals surface area contributed by atoms with Crippen molar-refractivity contribution in [3.63, 3.8) is 0 Å². The number of benzene rings is 4. The zero-order chi connectivity index (χ0) is 23.2. The average molecular weight is 501 g/mol. The van der Waals surface area contributed by atoms with Gasteiger partial charge in [-0.2, -0.15) is 5.26 Å². The average Bonchev–Trinajstić information content (AvgIpc) is 2.83. The van der Waals surface area contributed by atoms with Crippen molar-refractivity contribution in [2.45, 2.75) is 6.61 Å².